The van der Waals surface area contributed by atoms with Crippen molar-refractivity contribution in [1.29, 1.82) is 0 Å². The van der Waals surface area contributed by atoms with Crippen molar-refractivity contribution in [3.63, 3.8) is 0 Å². The zero-order valence-electron chi connectivity index (χ0n) is 23.6. The van der Waals surface area contributed by atoms with Crippen LogP contribution in [0.3, 0.4) is 0 Å². The third-order valence-electron chi connectivity index (χ3n) is 6.61. The molecule has 12 heteroatoms. The number of hydrogen-bond acceptors (Lipinski definition) is 7. The molecule has 1 N–H and O–H groups in total. The van der Waals surface area contributed by atoms with Crippen LogP contribution in [0.15, 0.2) is 108 Å². The van der Waals surface area contributed by atoms with Crippen LogP contribution in [0.4, 0.5) is 10.1 Å². The molecule has 0 aliphatic rings. The Balaban J connectivity index is 1.33. The molecule has 0 saturated heterocycles. The standard InChI is InChI=1S/C33H23Br2FN4O5/c1-2-43-28-15-20(25(35)16-29(28)44-18-31(41)38-23-10-8-22(36)9-11-23)17-37-40-32(39-26-6-4-3-5-24(26)33(40)42)30-14-19-13-21(34)7-12-27(19)45-30/h3-17H,2,18H2,1H3,(H,38,41). The molecular formula is C33H23Br2FN4O5. The van der Waals surface area contributed by atoms with Crippen LogP contribution in [0.1, 0.15) is 12.5 Å². The van der Waals surface area contributed by atoms with Crippen molar-refractivity contribution in [2.45, 2.75) is 6.92 Å². The van der Waals surface area contributed by atoms with E-state index in [0.717, 1.165) is 9.86 Å². The first kappa shape index (κ1) is 30.2. The predicted octanol–water partition coefficient (Wildman–Crippen LogP) is 7.77. The van der Waals surface area contributed by atoms with E-state index >= 15 is 0 Å². The number of nitrogens with one attached hydrogen (secondary N) is 1. The lowest BCUT2D eigenvalue weighted by atomic mass is 10.2. The first-order valence-corrected chi connectivity index (χ1v) is 15.3. The van der Waals surface area contributed by atoms with Crippen LogP contribution in [-0.4, -0.2) is 35.0 Å². The van der Waals surface area contributed by atoms with E-state index in [0.29, 0.717) is 56.1 Å². The van der Waals surface area contributed by atoms with E-state index in [1.807, 2.05) is 37.3 Å². The summed E-state index contributed by atoms with van der Waals surface area (Å²) in [6, 6.07) is 23.2. The normalized spacial score (nSPS) is 11.4. The zero-order chi connectivity index (χ0) is 31.5. The highest BCUT2D eigenvalue weighted by Crippen LogP contribution is 2.34. The van der Waals surface area contributed by atoms with E-state index in [4.69, 9.17) is 18.9 Å². The minimum absolute atomic E-state index is 0.232. The smallest absolute Gasteiger partial charge is 0.282 e. The van der Waals surface area contributed by atoms with Gasteiger partial charge in [-0.1, -0.05) is 28.1 Å². The van der Waals surface area contributed by atoms with Crippen molar-refractivity contribution in [3.8, 4) is 23.1 Å². The van der Waals surface area contributed by atoms with Crippen molar-refractivity contribution in [3.05, 3.63) is 116 Å². The minimum atomic E-state index is -0.431. The lowest BCUT2D eigenvalue weighted by Gasteiger charge is -2.14. The number of amides is 1. The number of nitrogens with zero attached hydrogens (tertiary/aromatic N) is 3. The summed E-state index contributed by atoms with van der Waals surface area (Å²) in [4.78, 5) is 30.8. The Morgan fingerprint density at radius 3 is 2.60 bits per heavy atom. The van der Waals surface area contributed by atoms with E-state index < -0.39 is 11.7 Å². The van der Waals surface area contributed by atoms with E-state index in [2.05, 4.69) is 42.3 Å². The summed E-state index contributed by atoms with van der Waals surface area (Å²) in [7, 11) is 0. The maximum absolute atomic E-state index is 13.7. The molecule has 4 aromatic carbocycles. The molecule has 0 spiro atoms. The summed E-state index contributed by atoms with van der Waals surface area (Å²) in [6.45, 7) is 1.84. The van der Waals surface area contributed by atoms with Crippen LogP contribution in [0.2, 0.25) is 0 Å². The van der Waals surface area contributed by atoms with Crippen LogP contribution in [0.25, 0.3) is 33.5 Å². The van der Waals surface area contributed by atoms with Gasteiger partial charge in [0.1, 0.15) is 11.4 Å². The predicted molar refractivity (Wildman–Crippen MR) is 178 cm³/mol. The van der Waals surface area contributed by atoms with Crippen molar-refractivity contribution < 1.29 is 23.1 Å². The molecule has 0 atom stereocenters. The number of anilines is 1. The van der Waals surface area contributed by atoms with Crippen molar-refractivity contribution in [1.82, 2.24) is 9.66 Å². The monoisotopic (exact) mass is 732 g/mol. The third-order valence-corrected chi connectivity index (χ3v) is 7.79. The fraction of sp³-hybridized carbons (Fsp3) is 0.0909. The number of benzene rings is 4. The molecule has 0 fully saturated rings. The Morgan fingerprint density at radius 2 is 1.80 bits per heavy atom. The molecule has 9 nitrogen and oxygen atoms in total. The Labute approximate surface area is 272 Å². The first-order chi connectivity index (χ1) is 21.8. The lowest BCUT2D eigenvalue weighted by Crippen LogP contribution is -2.20. The van der Waals surface area contributed by atoms with E-state index in [-0.39, 0.29) is 18.0 Å². The summed E-state index contributed by atoms with van der Waals surface area (Å²) in [5, 5.41) is 8.42. The second-order valence-corrected chi connectivity index (χ2v) is 11.5. The molecule has 226 valence electrons. The number of para-hydroxylation sites is 1. The number of ether oxygens (including phenoxy) is 2. The number of furan rings is 1. The van der Waals surface area contributed by atoms with Crippen LogP contribution in [0, 0.1) is 5.82 Å². The fourth-order valence-corrected chi connectivity index (χ4v) is 5.34. The number of halogens is 3. The molecule has 1 amide bonds. The summed E-state index contributed by atoms with van der Waals surface area (Å²) >= 11 is 7.01. The Bertz CT molecular complexity index is 2140. The van der Waals surface area contributed by atoms with Gasteiger partial charge >= 0.3 is 0 Å². The molecular weight excluding hydrogens is 711 g/mol. The van der Waals surface area contributed by atoms with Gasteiger partial charge in [0.25, 0.3) is 11.5 Å². The SMILES string of the molecule is CCOc1cc(C=Nn2c(-c3cc4cc(Br)ccc4o3)nc3ccccc3c2=O)c(Br)cc1OCC(=O)Nc1ccc(F)cc1. The van der Waals surface area contributed by atoms with Crippen LogP contribution < -0.4 is 20.3 Å². The Kier molecular flexibility index (Phi) is 8.76. The molecule has 0 aliphatic heterocycles. The van der Waals surface area contributed by atoms with Gasteiger partial charge in [-0.05, 0) is 95.7 Å². The number of fused-ring (bicyclic) bond motifs is 2. The van der Waals surface area contributed by atoms with Gasteiger partial charge in [0.2, 0.25) is 5.82 Å². The average Bonchev–Trinajstić information content (AvgIpc) is 3.45. The van der Waals surface area contributed by atoms with Gasteiger partial charge in [-0.25, -0.2) is 9.37 Å². The third kappa shape index (κ3) is 6.66. The second-order valence-electron chi connectivity index (χ2n) is 9.70. The Hall–Kier alpha value is -4.81. The highest BCUT2D eigenvalue weighted by atomic mass is 79.9. The van der Waals surface area contributed by atoms with Gasteiger partial charge in [-0.3, -0.25) is 9.59 Å². The summed E-state index contributed by atoms with van der Waals surface area (Å²) in [5.74, 6) is 0.451. The summed E-state index contributed by atoms with van der Waals surface area (Å²) < 4.78 is 33.5. The molecule has 45 heavy (non-hydrogen) atoms. The van der Waals surface area contributed by atoms with Gasteiger partial charge in [0, 0.05) is 25.6 Å². The van der Waals surface area contributed by atoms with E-state index in [9.17, 15) is 14.0 Å². The quantitative estimate of drug-likeness (QED) is 0.152. The summed E-state index contributed by atoms with van der Waals surface area (Å²) in [5.41, 5.74) is 1.78. The van der Waals surface area contributed by atoms with Gasteiger partial charge in [0.05, 0.1) is 23.7 Å². The topological polar surface area (TPSA) is 108 Å². The van der Waals surface area contributed by atoms with Crippen LogP contribution >= 0.6 is 31.9 Å². The number of rotatable bonds is 9. The lowest BCUT2D eigenvalue weighted by molar-refractivity contribution is -0.118. The maximum Gasteiger partial charge on any atom is 0.282 e. The maximum atomic E-state index is 13.7. The number of carbonyl (C=O) groups is 1. The average molecular weight is 734 g/mol. The van der Waals surface area contributed by atoms with E-state index in [1.54, 1.807) is 30.3 Å². The molecule has 6 rings (SSSR count). The first-order valence-electron chi connectivity index (χ1n) is 13.7. The van der Waals surface area contributed by atoms with E-state index in [1.165, 1.54) is 35.2 Å². The van der Waals surface area contributed by atoms with Crippen LogP contribution in [-0.2, 0) is 4.79 Å². The number of hydrogen-bond donors (Lipinski definition) is 1. The van der Waals surface area contributed by atoms with Crippen molar-refractivity contribution >= 4 is 71.5 Å². The van der Waals surface area contributed by atoms with Gasteiger partial charge < -0.3 is 19.2 Å². The minimum Gasteiger partial charge on any atom is -0.490 e. The fourth-order valence-electron chi connectivity index (χ4n) is 4.54. The second kappa shape index (κ2) is 13.0. The van der Waals surface area contributed by atoms with Gasteiger partial charge in [-0.2, -0.15) is 9.78 Å². The number of aromatic nitrogens is 2. The zero-order valence-corrected chi connectivity index (χ0v) is 26.8. The summed E-state index contributed by atoms with van der Waals surface area (Å²) in [6.07, 6.45) is 1.50. The van der Waals surface area contributed by atoms with Gasteiger partial charge in [0.15, 0.2) is 23.9 Å². The molecule has 2 aromatic heterocycles. The highest BCUT2D eigenvalue weighted by molar-refractivity contribution is 9.10. The number of carbonyl (C=O) groups excluding carboxylic acids is 1. The molecule has 0 radical (unpaired) electrons. The molecule has 6 aromatic rings. The van der Waals surface area contributed by atoms with Crippen molar-refractivity contribution in [2.24, 2.45) is 5.10 Å². The molecule has 0 bridgehead atoms. The Morgan fingerprint density at radius 1 is 1.02 bits per heavy atom. The van der Waals surface area contributed by atoms with Crippen LogP contribution in [0.5, 0.6) is 11.5 Å². The molecule has 0 aliphatic carbocycles. The molecule has 0 saturated carbocycles. The largest absolute Gasteiger partial charge is 0.490 e. The molecule has 0 unspecified atom stereocenters. The highest BCUT2D eigenvalue weighted by Gasteiger charge is 2.18. The van der Waals surface area contributed by atoms with Crippen molar-refractivity contribution in [2.75, 3.05) is 18.5 Å². The van der Waals surface area contributed by atoms with Gasteiger partial charge in [-0.15, -0.1) is 0 Å². The molecule has 2 heterocycles.